The monoisotopic (exact) mass is 342 g/mol. The Bertz CT molecular complexity index is 584. The van der Waals surface area contributed by atoms with Crippen LogP contribution in [0.15, 0.2) is 0 Å². The third-order valence-corrected chi connectivity index (χ3v) is 4.52. The first kappa shape index (κ1) is 17.1. The highest BCUT2D eigenvalue weighted by Crippen LogP contribution is 2.46. The van der Waals surface area contributed by atoms with Gasteiger partial charge in [-0.15, -0.1) is 11.3 Å². The molecule has 1 aliphatic rings. The fourth-order valence-corrected chi connectivity index (χ4v) is 2.68. The van der Waals surface area contributed by atoms with Crippen LogP contribution in [-0.4, -0.2) is 23.1 Å². The first-order valence-corrected chi connectivity index (χ1v) is 7.43. The maximum Gasteiger partial charge on any atom is 0.459 e. The van der Waals surface area contributed by atoms with E-state index >= 15 is 0 Å². The van der Waals surface area contributed by atoms with Crippen LogP contribution >= 0.6 is 11.3 Å². The summed E-state index contributed by atoms with van der Waals surface area (Å²) in [5.74, 6) is -6.09. The van der Waals surface area contributed by atoms with Crippen LogP contribution in [0, 0.1) is 0 Å². The van der Waals surface area contributed by atoms with Crippen molar-refractivity contribution in [1.29, 1.82) is 0 Å². The Balaban J connectivity index is 2.50. The molecule has 0 saturated heterocycles. The highest BCUT2D eigenvalue weighted by molar-refractivity contribution is 7.14. The number of hydrogen-bond acceptors (Lipinski definition) is 3. The zero-order valence-electron chi connectivity index (χ0n) is 12.1. The molecule has 3 nitrogen and oxygen atoms in total. The van der Waals surface area contributed by atoms with E-state index < -0.39 is 34.0 Å². The Hall–Kier alpha value is -1.25. The second kappa shape index (κ2) is 5.14. The summed E-state index contributed by atoms with van der Waals surface area (Å²) < 4.78 is 65.2. The van der Waals surface area contributed by atoms with Gasteiger partial charge in [-0.3, -0.25) is 4.79 Å². The standard InChI is InChI=1S/C13H15F5N2OS/c1-11(2,3)10-20-8(12(14,15)13(16,17)18)7(22-10)9(21)19-6-4-5-6/h6H,4-5H2,1-3H3,(H,19,21). The van der Waals surface area contributed by atoms with Gasteiger partial charge in [0.25, 0.3) is 5.91 Å². The molecule has 1 saturated carbocycles. The van der Waals surface area contributed by atoms with Gasteiger partial charge in [-0.2, -0.15) is 22.0 Å². The highest BCUT2D eigenvalue weighted by Gasteiger charge is 2.62. The maximum atomic E-state index is 13.7. The van der Waals surface area contributed by atoms with Gasteiger partial charge in [0.15, 0.2) is 0 Å². The summed E-state index contributed by atoms with van der Waals surface area (Å²) >= 11 is 0.584. The molecule has 9 heteroatoms. The number of carbonyl (C=O) groups excluding carboxylic acids is 1. The Labute approximate surface area is 127 Å². The zero-order chi connectivity index (χ0) is 16.9. The van der Waals surface area contributed by atoms with Crippen molar-refractivity contribution in [2.24, 2.45) is 0 Å². The molecule has 1 amide bonds. The minimum absolute atomic E-state index is 0.0624. The molecule has 0 radical (unpaired) electrons. The molecule has 1 heterocycles. The van der Waals surface area contributed by atoms with Gasteiger partial charge in [-0.1, -0.05) is 20.8 Å². The number of rotatable bonds is 3. The lowest BCUT2D eigenvalue weighted by molar-refractivity contribution is -0.290. The Morgan fingerprint density at radius 2 is 1.73 bits per heavy atom. The number of aromatic nitrogens is 1. The van der Waals surface area contributed by atoms with Gasteiger partial charge in [0.2, 0.25) is 0 Å². The first-order chi connectivity index (χ1) is 9.84. The van der Waals surface area contributed by atoms with Gasteiger partial charge < -0.3 is 5.32 Å². The van der Waals surface area contributed by atoms with E-state index in [0.29, 0.717) is 24.2 Å². The normalized spacial score (nSPS) is 16.7. The molecule has 0 atom stereocenters. The minimum atomic E-state index is -5.80. The molecule has 0 bridgehead atoms. The summed E-state index contributed by atoms with van der Waals surface area (Å²) in [5.41, 5.74) is -2.24. The molecule has 0 spiro atoms. The quantitative estimate of drug-likeness (QED) is 0.844. The van der Waals surface area contributed by atoms with Gasteiger partial charge in [0, 0.05) is 11.5 Å². The van der Waals surface area contributed by atoms with Gasteiger partial charge in [-0.05, 0) is 12.8 Å². The van der Waals surface area contributed by atoms with Crippen molar-refractivity contribution in [2.75, 3.05) is 0 Å². The number of hydrogen-bond donors (Lipinski definition) is 1. The lowest BCUT2D eigenvalue weighted by atomic mass is 9.98. The van der Waals surface area contributed by atoms with Crippen LogP contribution in [0.1, 0.15) is 54.0 Å². The van der Waals surface area contributed by atoms with E-state index in [-0.39, 0.29) is 11.0 Å². The molecule has 2 rings (SSSR count). The average molecular weight is 342 g/mol. The zero-order valence-corrected chi connectivity index (χ0v) is 13.0. The van der Waals surface area contributed by atoms with Crippen LogP contribution in [0.25, 0.3) is 0 Å². The van der Waals surface area contributed by atoms with Crippen LogP contribution in [0.5, 0.6) is 0 Å². The highest BCUT2D eigenvalue weighted by atomic mass is 32.1. The van der Waals surface area contributed by atoms with E-state index in [9.17, 15) is 26.7 Å². The van der Waals surface area contributed by atoms with Gasteiger partial charge >= 0.3 is 12.1 Å². The van der Waals surface area contributed by atoms with Crippen molar-refractivity contribution in [3.8, 4) is 0 Å². The van der Waals surface area contributed by atoms with E-state index in [4.69, 9.17) is 0 Å². The number of nitrogens with zero attached hydrogens (tertiary/aromatic N) is 1. The second-order valence-corrected chi connectivity index (χ2v) is 7.27. The molecule has 1 aromatic heterocycles. The van der Waals surface area contributed by atoms with Crippen LogP contribution in [0.2, 0.25) is 0 Å². The Morgan fingerprint density at radius 3 is 2.14 bits per heavy atom. The fourth-order valence-electron chi connectivity index (χ4n) is 1.62. The number of carbonyl (C=O) groups is 1. The van der Waals surface area contributed by atoms with Crippen molar-refractivity contribution in [3.05, 3.63) is 15.6 Å². The van der Waals surface area contributed by atoms with Crippen molar-refractivity contribution in [2.45, 2.75) is 57.2 Å². The molecule has 124 valence electrons. The largest absolute Gasteiger partial charge is 0.459 e. The number of halogens is 5. The van der Waals surface area contributed by atoms with Crippen molar-refractivity contribution < 1.29 is 26.7 Å². The molecule has 22 heavy (non-hydrogen) atoms. The van der Waals surface area contributed by atoms with Crippen molar-refractivity contribution >= 4 is 17.2 Å². The lowest BCUT2D eigenvalue weighted by Crippen LogP contribution is -2.37. The van der Waals surface area contributed by atoms with E-state index in [1.54, 1.807) is 20.8 Å². The summed E-state index contributed by atoms with van der Waals surface area (Å²) in [6.07, 6.45) is -4.41. The van der Waals surface area contributed by atoms with E-state index in [1.807, 2.05) is 0 Å². The summed E-state index contributed by atoms with van der Waals surface area (Å²) in [5, 5.41) is 2.49. The predicted molar refractivity (Wildman–Crippen MR) is 71.3 cm³/mol. The van der Waals surface area contributed by atoms with E-state index in [0.717, 1.165) is 0 Å². The average Bonchev–Trinajstić information content (AvgIpc) is 3.01. The maximum absolute atomic E-state index is 13.7. The minimum Gasteiger partial charge on any atom is -0.349 e. The molecule has 1 aliphatic carbocycles. The van der Waals surface area contributed by atoms with E-state index in [1.165, 1.54) is 0 Å². The molecular formula is C13H15F5N2OS. The van der Waals surface area contributed by atoms with Crippen LogP contribution in [0.4, 0.5) is 22.0 Å². The molecule has 0 aliphatic heterocycles. The predicted octanol–water partition coefficient (Wildman–Crippen LogP) is 3.99. The van der Waals surface area contributed by atoms with Crippen molar-refractivity contribution in [3.63, 3.8) is 0 Å². The third-order valence-electron chi connectivity index (χ3n) is 3.04. The fraction of sp³-hybridized carbons (Fsp3) is 0.692. The Morgan fingerprint density at radius 1 is 1.18 bits per heavy atom. The van der Waals surface area contributed by atoms with Gasteiger partial charge in [0.05, 0.1) is 5.01 Å². The number of alkyl halides is 5. The number of amides is 1. The van der Waals surface area contributed by atoms with Crippen molar-refractivity contribution in [1.82, 2.24) is 10.3 Å². The third kappa shape index (κ3) is 3.23. The molecule has 0 aromatic carbocycles. The van der Waals surface area contributed by atoms with Crippen LogP contribution in [-0.2, 0) is 11.3 Å². The van der Waals surface area contributed by atoms with Crippen LogP contribution in [0.3, 0.4) is 0 Å². The van der Waals surface area contributed by atoms with Crippen LogP contribution < -0.4 is 5.32 Å². The topological polar surface area (TPSA) is 42.0 Å². The number of thiazole rings is 1. The molecule has 0 unspecified atom stereocenters. The van der Waals surface area contributed by atoms with E-state index in [2.05, 4.69) is 10.3 Å². The summed E-state index contributed by atoms with van der Waals surface area (Å²) in [6.45, 7) is 4.89. The summed E-state index contributed by atoms with van der Waals surface area (Å²) in [6, 6.07) is -0.153. The van der Waals surface area contributed by atoms with Gasteiger partial charge in [0.1, 0.15) is 10.6 Å². The van der Waals surface area contributed by atoms with Gasteiger partial charge in [-0.25, -0.2) is 4.98 Å². The summed E-state index contributed by atoms with van der Waals surface area (Å²) in [7, 11) is 0. The molecule has 1 N–H and O–H groups in total. The lowest BCUT2D eigenvalue weighted by Gasteiger charge is -2.19. The first-order valence-electron chi connectivity index (χ1n) is 6.61. The number of nitrogens with one attached hydrogen (secondary N) is 1. The molecule has 1 aromatic rings. The second-order valence-electron chi connectivity index (χ2n) is 6.27. The molecular weight excluding hydrogens is 327 g/mol. The summed E-state index contributed by atoms with van der Waals surface area (Å²) in [4.78, 5) is 14.8. The Kier molecular flexibility index (Phi) is 4.00. The SMILES string of the molecule is CC(C)(C)c1nc(C(F)(F)C(F)(F)F)c(C(=O)NC2CC2)s1. The molecule has 1 fully saturated rings. The smallest absolute Gasteiger partial charge is 0.349 e.